The molecule has 7 nitrogen and oxygen atoms in total. The Morgan fingerprint density at radius 1 is 0.936 bits per heavy atom. The van der Waals surface area contributed by atoms with Gasteiger partial charge in [0.2, 0.25) is 5.91 Å². The summed E-state index contributed by atoms with van der Waals surface area (Å²) in [6.07, 6.45) is -2.35. The number of pyridine rings is 1. The lowest BCUT2D eigenvalue weighted by Gasteiger charge is -2.14. The minimum atomic E-state index is -4.52. The Morgan fingerprint density at radius 3 is 2.21 bits per heavy atom. The summed E-state index contributed by atoms with van der Waals surface area (Å²) in [5, 5.41) is 15.3. The van der Waals surface area contributed by atoms with Crippen LogP contribution in [0, 0.1) is 30.1 Å². The largest absolute Gasteiger partial charge is 0.405 e. The van der Waals surface area contributed by atoms with E-state index in [0.29, 0.717) is 23.5 Å². The number of carbonyl (C=O) groups is 2. The average molecular weight is 632 g/mol. The van der Waals surface area contributed by atoms with Crippen LogP contribution < -0.4 is 10.6 Å². The summed E-state index contributed by atoms with van der Waals surface area (Å²) in [4.78, 5) is 34.8. The Balaban J connectivity index is 1.46. The molecule has 0 bridgehead atoms. The maximum Gasteiger partial charge on any atom is 0.405 e. The molecule has 47 heavy (non-hydrogen) atoms. The number of amides is 2. The molecule has 1 heterocycles. The number of rotatable bonds is 8. The summed E-state index contributed by atoms with van der Waals surface area (Å²) < 4.78 is 38.0. The van der Waals surface area contributed by atoms with E-state index in [9.17, 15) is 22.8 Å². The monoisotopic (exact) mass is 631 g/mol. The minimum Gasteiger partial charge on any atom is -0.343 e. The van der Waals surface area contributed by atoms with Gasteiger partial charge in [-0.15, -0.1) is 0 Å². The quantitative estimate of drug-likeness (QED) is 0.171. The maximum atomic E-state index is 12.7. The van der Waals surface area contributed by atoms with Gasteiger partial charge < -0.3 is 10.6 Å². The van der Waals surface area contributed by atoms with Gasteiger partial charge in [0.05, 0.1) is 29.3 Å². The van der Waals surface area contributed by atoms with E-state index in [4.69, 9.17) is 10.3 Å². The van der Waals surface area contributed by atoms with Crippen molar-refractivity contribution < 1.29 is 22.8 Å². The topological polar surface area (TPSA) is 107 Å². The van der Waals surface area contributed by atoms with E-state index < -0.39 is 18.6 Å². The summed E-state index contributed by atoms with van der Waals surface area (Å²) in [6.45, 7) is 0.358. The second kappa shape index (κ2) is 12.9. The van der Waals surface area contributed by atoms with Crippen molar-refractivity contribution in [1.29, 1.82) is 5.26 Å². The molecule has 2 amide bonds. The second-order valence-corrected chi connectivity index (χ2v) is 11.4. The lowest BCUT2D eigenvalue weighted by atomic mass is 9.95. The molecule has 1 saturated carbocycles. The molecular weight excluding hydrogens is 603 g/mol. The summed E-state index contributed by atoms with van der Waals surface area (Å²) in [6, 6.07) is 31.9. The fourth-order valence-electron chi connectivity index (χ4n) is 5.42. The van der Waals surface area contributed by atoms with Crippen LogP contribution in [0.3, 0.4) is 0 Å². The number of hydrogen-bond donors (Lipinski definition) is 2. The summed E-state index contributed by atoms with van der Waals surface area (Å²) in [5.41, 5.74) is 5.39. The number of anilines is 1. The number of alkyl halides is 3. The molecule has 234 valence electrons. The van der Waals surface area contributed by atoms with Gasteiger partial charge in [-0.1, -0.05) is 66.7 Å². The van der Waals surface area contributed by atoms with Crippen molar-refractivity contribution in [2.45, 2.75) is 19.5 Å². The van der Waals surface area contributed by atoms with Crippen molar-refractivity contribution >= 4 is 39.8 Å². The van der Waals surface area contributed by atoms with Crippen LogP contribution in [0.5, 0.6) is 0 Å². The van der Waals surface area contributed by atoms with Crippen LogP contribution in [0.1, 0.15) is 33.5 Å². The lowest BCUT2D eigenvalue weighted by molar-refractivity contribution is -0.123. The number of aryl methyl sites for hydroxylation is 1. The lowest BCUT2D eigenvalue weighted by Crippen LogP contribution is -2.33. The van der Waals surface area contributed by atoms with E-state index in [0.717, 1.165) is 38.7 Å². The first-order valence-corrected chi connectivity index (χ1v) is 14.9. The van der Waals surface area contributed by atoms with Gasteiger partial charge in [0.1, 0.15) is 12.4 Å². The highest BCUT2D eigenvalue weighted by Gasteiger charge is 2.43. The van der Waals surface area contributed by atoms with Gasteiger partial charge in [-0.3, -0.25) is 9.59 Å². The molecule has 1 aliphatic carbocycles. The molecule has 0 saturated heterocycles. The second-order valence-electron chi connectivity index (χ2n) is 11.4. The van der Waals surface area contributed by atoms with Crippen LogP contribution in [0.2, 0.25) is 0 Å². The van der Waals surface area contributed by atoms with E-state index in [-0.39, 0.29) is 23.3 Å². The van der Waals surface area contributed by atoms with Crippen LogP contribution in [-0.2, 0) is 4.79 Å². The Morgan fingerprint density at radius 2 is 1.62 bits per heavy atom. The highest BCUT2D eigenvalue weighted by atomic mass is 19.4. The standard InChI is InChI=1S/C37H28F3N5O2/c1-22-14-25(35(46)43-21-37(38,39)40)12-13-29(22)26-15-27-18-33(45-36(47)30-16-28(30)19-41)42-20-31(27)32(17-26)44-34(23-8-4-2-5-9-23)24-10-6-3-7-11-24/h2-15,17-18,20,28,30H,16,21H2,1H3,(H,43,46)(H,42,45,47)/t28-,30+/m0/s1. The third-order valence-corrected chi connectivity index (χ3v) is 7.94. The van der Waals surface area contributed by atoms with Crippen LogP contribution in [0.25, 0.3) is 21.9 Å². The van der Waals surface area contributed by atoms with Crippen LogP contribution in [-0.4, -0.2) is 35.2 Å². The molecule has 0 spiro atoms. The molecule has 2 N–H and O–H groups in total. The number of nitrogens with zero attached hydrogens (tertiary/aromatic N) is 3. The first-order chi connectivity index (χ1) is 22.6. The number of nitriles is 1. The molecule has 0 radical (unpaired) electrons. The van der Waals surface area contributed by atoms with E-state index in [1.807, 2.05) is 78.1 Å². The normalized spacial score (nSPS) is 15.4. The molecule has 0 unspecified atom stereocenters. The highest BCUT2D eigenvalue weighted by Crippen LogP contribution is 2.39. The Hall–Kier alpha value is -5.82. The number of hydrogen-bond acceptors (Lipinski definition) is 5. The zero-order valence-corrected chi connectivity index (χ0v) is 25.2. The molecule has 1 aromatic heterocycles. The number of carbonyl (C=O) groups excluding carboxylic acids is 2. The average Bonchev–Trinajstić information content (AvgIpc) is 3.87. The van der Waals surface area contributed by atoms with Gasteiger partial charge in [0, 0.05) is 28.3 Å². The SMILES string of the molecule is Cc1cc(C(=O)NCC(F)(F)F)ccc1-c1cc(N=C(c2ccccc2)c2ccccc2)c2cnc(NC(=O)[C@@H]3C[C@H]3C#N)cc2c1. The van der Waals surface area contributed by atoms with Crippen molar-refractivity contribution in [3.8, 4) is 17.2 Å². The van der Waals surface area contributed by atoms with Crippen molar-refractivity contribution in [2.75, 3.05) is 11.9 Å². The summed E-state index contributed by atoms with van der Waals surface area (Å²) in [7, 11) is 0. The van der Waals surface area contributed by atoms with E-state index >= 15 is 0 Å². The predicted molar refractivity (Wildman–Crippen MR) is 174 cm³/mol. The van der Waals surface area contributed by atoms with Crippen LogP contribution in [0.4, 0.5) is 24.7 Å². The third-order valence-electron chi connectivity index (χ3n) is 7.94. The maximum absolute atomic E-state index is 12.7. The van der Waals surface area contributed by atoms with Gasteiger partial charge in [-0.2, -0.15) is 18.4 Å². The van der Waals surface area contributed by atoms with Crippen molar-refractivity contribution in [2.24, 2.45) is 16.8 Å². The fraction of sp³-hybridized carbons (Fsp3) is 0.162. The Kier molecular flexibility index (Phi) is 8.55. The van der Waals surface area contributed by atoms with E-state index in [2.05, 4.69) is 16.4 Å². The molecular formula is C37H28F3N5O2. The van der Waals surface area contributed by atoms with Gasteiger partial charge in [0.15, 0.2) is 0 Å². The molecule has 4 aromatic carbocycles. The molecule has 1 fully saturated rings. The minimum absolute atomic E-state index is 0.106. The smallest absolute Gasteiger partial charge is 0.343 e. The number of aliphatic imine (C=N–C) groups is 1. The Labute approximate surface area is 268 Å². The highest BCUT2D eigenvalue weighted by molar-refractivity contribution is 6.15. The van der Waals surface area contributed by atoms with Gasteiger partial charge >= 0.3 is 6.18 Å². The third kappa shape index (κ3) is 7.20. The van der Waals surface area contributed by atoms with Gasteiger partial charge in [-0.25, -0.2) is 9.98 Å². The predicted octanol–water partition coefficient (Wildman–Crippen LogP) is 7.77. The molecule has 5 aromatic rings. The number of fused-ring (bicyclic) bond motifs is 1. The number of halogens is 3. The number of nitrogens with one attached hydrogen (secondary N) is 2. The Bertz CT molecular complexity index is 2010. The van der Waals surface area contributed by atoms with E-state index in [1.165, 1.54) is 6.07 Å². The van der Waals surface area contributed by atoms with Crippen molar-refractivity contribution in [3.05, 3.63) is 126 Å². The molecule has 1 aliphatic rings. The van der Waals surface area contributed by atoms with Gasteiger partial charge in [0.25, 0.3) is 5.91 Å². The first-order valence-electron chi connectivity index (χ1n) is 14.9. The number of benzene rings is 4. The molecule has 0 aliphatic heterocycles. The van der Waals surface area contributed by atoms with Crippen molar-refractivity contribution in [3.63, 3.8) is 0 Å². The zero-order valence-electron chi connectivity index (χ0n) is 25.2. The summed E-state index contributed by atoms with van der Waals surface area (Å²) in [5.74, 6) is -1.41. The fourth-order valence-corrected chi connectivity index (χ4v) is 5.42. The summed E-state index contributed by atoms with van der Waals surface area (Å²) >= 11 is 0. The number of aromatic nitrogens is 1. The van der Waals surface area contributed by atoms with Crippen molar-refractivity contribution in [1.82, 2.24) is 10.3 Å². The van der Waals surface area contributed by atoms with Gasteiger partial charge in [-0.05, 0) is 65.8 Å². The molecule has 2 atom stereocenters. The van der Waals surface area contributed by atoms with Crippen LogP contribution in [0.15, 0.2) is 108 Å². The molecule has 6 rings (SSSR count). The molecule has 10 heteroatoms. The first kappa shape index (κ1) is 31.2. The zero-order chi connectivity index (χ0) is 33.1. The van der Waals surface area contributed by atoms with Crippen LogP contribution >= 0.6 is 0 Å². The van der Waals surface area contributed by atoms with E-state index in [1.54, 1.807) is 31.3 Å².